The van der Waals surface area contributed by atoms with Crippen LogP contribution in [0.3, 0.4) is 0 Å². The van der Waals surface area contributed by atoms with Crippen molar-refractivity contribution in [2.75, 3.05) is 0 Å². The van der Waals surface area contributed by atoms with Gasteiger partial charge in [-0.3, -0.25) is 0 Å². The van der Waals surface area contributed by atoms with Crippen LogP contribution in [-0.4, -0.2) is 22.2 Å². The molecule has 0 aliphatic rings. The fourth-order valence-corrected chi connectivity index (χ4v) is 3.11. The first-order chi connectivity index (χ1) is 11.9. The lowest BCUT2D eigenvalue weighted by Crippen LogP contribution is -2.11. The van der Waals surface area contributed by atoms with Gasteiger partial charge in [0, 0.05) is 16.1 Å². The third kappa shape index (κ3) is 2.90. The highest BCUT2D eigenvalue weighted by molar-refractivity contribution is 6.33. The highest BCUT2D eigenvalue weighted by atomic mass is 35.5. The summed E-state index contributed by atoms with van der Waals surface area (Å²) >= 11 is 6.23. The van der Waals surface area contributed by atoms with E-state index in [4.69, 9.17) is 16.0 Å². The number of carbonyl (C=O) groups is 2. The van der Waals surface area contributed by atoms with Crippen LogP contribution in [0.1, 0.15) is 26.3 Å². The fourth-order valence-electron chi connectivity index (χ4n) is 2.87. The Morgan fingerprint density at radius 2 is 1.64 bits per heavy atom. The van der Waals surface area contributed by atoms with Gasteiger partial charge < -0.3 is 14.6 Å². The van der Waals surface area contributed by atoms with Gasteiger partial charge in [0.2, 0.25) is 0 Å². The van der Waals surface area contributed by atoms with E-state index in [1.165, 1.54) is 18.4 Å². The minimum atomic E-state index is -1.26. The van der Waals surface area contributed by atoms with Gasteiger partial charge >= 0.3 is 11.9 Å². The maximum Gasteiger partial charge on any atom is 0.337 e. The van der Waals surface area contributed by atoms with E-state index in [2.05, 4.69) is 0 Å². The van der Waals surface area contributed by atoms with Gasteiger partial charge in [-0.25, -0.2) is 9.59 Å². The maximum absolute atomic E-state index is 12.0. The molecule has 6 heteroatoms. The van der Waals surface area contributed by atoms with Gasteiger partial charge in [0.05, 0.1) is 17.4 Å². The third-order valence-corrected chi connectivity index (χ3v) is 4.21. The molecule has 2 N–H and O–H groups in total. The Morgan fingerprint density at radius 3 is 2.20 bits per heavy atom. The molecule has 0 aliphatic heterocycles. The molecule has 0 saturated heterocycles. The van der Waals surface area contributed by atoms with Crippen LogP contribution in [0.15, 0.2) is 53.1 Å². The van der Waals surface area contributed by atoms with Crippen molar-refractivity contribution in [3.05, 3.63) is 70.4 Å². The van der Waals surface area contributed by atoms with Crippen LogP contribution in [0.25, 0.3) is 22.5 Å². The van der Waals surface area contributed by atoms with Crippen LogP contribution in [0.4, 0.5) is 0 Å². The van der Waals surface area contributed by atoms with Gasteiger partial charge in [-0.1, -0.05) is 29.8 Å². The lowest BCUT2D eigenvalue weighted by atomic mass is 9.87. The average molecular weight is 357 g/mol. The summed E-state index contributed by atoms with van der Waals surface area (Å²) in [5.74, 6) is -2.31. The van der Waals surface area contributed by atoms with Crippen molar-refractivity contribution in [1.29, 1.82) is 0 Å². The summed E-state index contributed by atoms with van der Waals surface area (Å²) in [6, 6.07) is 11.4. The summed E-state index contributed by atoms with van der Waals surface area (Å²) in [6.07, 6.45) is 1.37. The molecular weight excluding hydrogens is 344 g/mol. The molecule has 2 aromatic carbocycles. The summed E-state index contributed by atoms with van der Waals surface area (Å²) in [5, 5.41) is 19.8. The van der Waals surface area contributed by atoms with Crippen molar-refractivity contribution in [2.45, 2.75) is 6.92 Å². The van der Waals surface area contributed by atoms with Gasteiger partial charge in [-0.15, -0.1) is 0 Å². The second-order valence-corrected chi connectivity index (χ2v) is 5.84. The smallest absolute Gasteiger partial charge is 0.337 e. The Balaban J connectivity index is 2.49. The SMILES string of the molecule is Cc1cc(-c2ccccc2Cl)c(C(=O)O)c(-c2ccco2)c1C(=O)O. The average Bonchev–Trinajstić information content (AvgIpc) is 3.07. The van der Waals surface area contributed by atoms with E-state index in [0.29, 0.717) is 21.7 Å². The van der Waals surface area contributed by atoms with Crippen molar-refractivity contribution >= 4 is 23.5 Å². The number of carboxylic acid groups (broad SMARTS) is 2. The molecule has 1 heterocycles. The van der Waals surface area contributed by atoms with Crippen molar-refractivity contribution in [2.24, 2.45) is 0 Å². The summed E-state index contributed by atoms with van der Waals surface area (Å²) in [7, 11) is 0. The van der Waals surface area contributed by atoms with Crippen LogP contribution < -0.4 is 0 Å². The number of halogens is 1. The van der Waals surface area contributed by atoms with E-state index in [1.807, 2.05) is 0 Å². The van der Waals surface area contributed by atoms with Gasteiger partial charge in [0.15, 0.2) is 0 Å². The largest absolute Gasteiger partial charge is 0.478 e. The van der Waals surface area contributed by atoms with Crippen LogP contribution in [0.5, 0.6) is 0 Å². The Kier molecular flexibility index (Phi) is 4.33. The molecule has 0 fully saturated rings. The molecule has 0 unspecified atom stereocenters. The summed E-state index contributed by atoms with van der Waals surface area (Å²) in [5.41, 5.74) is 1.02. The molecule has 1 aromatic heterocycles. The Bertz CT molecular complexity index is 974. The second-order valence-electron chi connectivity index (χ2n) is 5.43. The zero-order valence-corrected chi connectivity index (χ0v) is 13.9. The maximum atomic E-state index is 12.0. The van der Waals surface area contributed by atoms with Crippen molar-refractivity contribution < 1.29 is 24.2 Å². The first-order valence-corrected chi connectivity index (χ1v) is 7.72. The van der Waals surface area contributed by atoms with Gasteiger partial charge in [-0.2, -0.15) is 0 Å². The van der Waals surface area contributed by atoms with Crippen LogP contribution >= 0.6 is 11.6 Å². The summed E-state index contributed by atoms with van der Waals surface area (Å²) in [6.45, 7) is 1.61. The van der Waals surface area contributed by atoms with Gasteiger partial charge in [0.1, 0.15) is 5.76 Å². The van der Waals surface area contributed by atoms with Crippen molar-refractivity contribution in [3.8, 4) is 22.5 Å². The normalized spacial score (nSPS) is 10.6. The Hall–Kier alpha value is -3.05. The third-order valence-electron chi connectivity index (χ3n) is 3.88. The van der Waals surface area contributed by atoms with E-state index in [1.54, 1.807) is 37.3 Å². The molecule has 3 rings (SSSR count). The standard InChI is InChI=1S/C19H13ClO5/c1-10-9-12(11-5-2-3-6-13(11)20)16(19(23)24)17(15(10)18(21)22)14-7-4-8-25-14/h2-9H,1H3,(H,21,22)(H,23,24). The van der Waals surface area contributed by atoms with E-state index in [-0.39, 0.29) is 22.5 Å². The molecule has 0 saturated carbocycles. The van der Waals surface area contributed by atoms with Crippen LogP contribution in [0.2, 0.25) is 5.02 Å². The topological polar surface area (TPSA) is 87.7 Å². The minimum absolute atomic E-state index is 0.0277. The molecular formula is C19H13ClO5. The number of rotatable bonds is 4. The quantitative estimate of drug-likeness (QED) is 0.688. The first kappa shape index (κ1) is 16.8. The summed E-state index contributed by atoms with van der Waals surface area (Å²) in [4.78, 5) is 23.8. The lowest BCUT2D eigenvalue weighted by molar-refractivity contribution is 0.0695. The lowest BCUT2D eigenvalue weighted by Gasteiger charge is -2.16. The monoisotopic (exact) mass is 356 g/mol. The van der Waals surface area contributed by atoms with Gasteiger partial charge in [0.25, 0.3) is 0 Å². The molecule has 0 spiro atoms. The minimum Gasteiger partial charge on any atom is -0.478 e. The first-order valence-electron chi connectivity index (χ1n) is 7.34. The molecule has 25 heavy (non-hydrogen) atoms. The predicted octanol–water partition coefficient (Wildman–Crippen LogP) is 4.97. The Labute approximate surface area is 148 Å². The van der Waals surface area contributed by atoms with Crippen LogP contribution in [-0.2, 0) is 0 Å². The molecule has 0 aliphatic carbocycles. The Morgan fingerprint density at radius 1 is 0.960 bits per heavy atom. The van der Waals surface area contributed by atoms with Crippen LogP contribution in [0, 0.1) is 6.92 Å². The van der Waals surface area contributed by atoms with E-state index in [0.717, 1.165) is 0 Å². The predicted molar refractivity (Wildman–Crippen MR) is 93.2 cm³/mol. The number of carboxylic acids is 2. The molecule has 0 atom stereocenters. The second kappa shape index (κ2) is 6.45. The number of aryl methyl sites for hydroxylation is 1. The molecule has 126 valence electrons. The number of benzene rings is 2. The van der Waals surface area contributed by atoms with Crippen molar-refractivity contribution in [1.82, 2.24) is 0 Å². The number of hydrogen-bond donors (Lipinski definition) is 2. The van der Waals surface area contributed by atoms with E-state index in [9.17, 15) is 19.8 Å². The molecule has 3 aromatic rings. The number of aromatic carboxylic acids is 2. The van der Waals surface area contributed by atoms with Crippen molar-refractivity contribution in [3.63, 3.8) is 0 Å². The number of furan rings is 1. The van der Waals surface area contributed by atoms with Gasteiger partial charge in [-0.05, 0) is 42.3 Å². The zero-order valence-electron chi connectivity index (χ0n) is 13.1. The zero-order chi connectivity index (χ0) is 18.1. The van der Waals surface area contributed by atoms with E-state index >= 15 is 0 Å². The van der Waals surface area contributed by atoms with E-state index < -0.39 is 11.9 Å². The molecule has 5 nitrogen and oxygen atoms in total. The molecule has 0 bridgehead atoms. The summed E-state index contributed by atoms with van der Waals surface area (Å²) < 4.78 is 5.32. The molecule has 0 radical (unpaired) electrons. The fraction of sp³-hybridized carbons (Fsp3) is 0.0526. The number of hydrogen-bond acceptors (Lipinski definition) is 3. The highest BCUT2D eigenvalue weighted by Gasteiger charge is 2.28. The molecule has 0 amide bonds. The highest BCUT2D eigenvalue weighted by Crippen LogP contribution is 2.39.